The van der Waals surface area contributed by atoms with E-state index in [2.05, 4.69) is 55.1 Å². The number of pyridine rings is 2. The van der Waals surface area contributed by atoms with Crippen LogP contribution >= 0.6 is 93.1 Å². The Morgan fingerprint density at radius 1 is 0.762 bits per heavy atom. The Hall–Kier alpha value is 3.22. The van der Waals surface area contributed by atoms with Gasteiger partial charge in [0.25, 0.3) is 0 Å². The molecule has 4 N–H and O–H groups in total. The van der Waals surface area contributed by atoms with E-state index in [0.717, 1.165) is 18.5 Å². The van der Waals surface area contributed by atoms with Crippen molar-refractivity contribution in [3.05, 3.63) is 44.1 Å². The van der Waals surface area contributed by atoms with Crippen LogP contribution in [0.2, 0.25) is 0 Å². The molecule has 0 amide bonds. The zero-order chi connectivity index (χ0) is 12.0. The van der Waals surface area contributed by atoms with Gasteiger partial charge in [0.15, 0.2) is 0 Å². The van der Waals surface area contributed by atoms with Gasteiger partial charge >= 0.3 is 27.7 Å². The van der Waals surface area contributed by atoms with Gasteiger partial charge in [-0.2, -0.15) is 0 Å². The molecular weight excluding hydrogens is 1140 g/mol. The predicted octanol–water partition coefficient (Wildman–Crippen LogP) is -2.22. The summed E-state index contributed by atoms with van der Waals surface area (Å²) >= 11 is 4.27. The third-order valence-corrected chi connectivity index (χ3v) is 3.41. The van der Waals surface area contributed by atoms with E-state index in [1.54, 1.807) is 36.9 Å². The number of nitrogens with two attached hydrogens (primary N) is 2. The van der Waals surface area contributed by atoms with E-state index in [9.17, 15) is 0 Å². The number of hydrogen-bond donors (Lipinski definition) is 2. The molecule has 21 heavy (non-hydrogen) atoms. The Bertz CT molecular complexity index is 391. The van der Waals surface area contributed by atoms with E-state index >= 15 is 0 Å². The molecular formula is C10H12HgI6N4. The fourth-order valence-corrected chi connectivity index (χ4v) is 1.45. The molecule has 0 saturated carbocycles. The molecule has 0 aliphatic heterocycles. The van der Waals surface area contributed by atoms with Crippen molar-refractivity contribution in [2.45, 2.75) is 0 Å². The van der Waals surface area contributed by atoms with E-state index in [4.69, 9.17) is 11.5 Å². The first-order valence-electron chi connectivity index (χ1n) is 4.31. The maximum absolute atomic E-state index is 5.47. The molecule has 0 aliphatic rings. The third kappa shape index (κ3) is 16.4. The number of nitrogens with zero attached hydrogens (tertiary/aromatic N) is 2. The minimum atomic E-state index is 0. The van der Waals surface area contributed by atoms with Gasteiger partial charge < -0.3 is 59.4 Å². The second-order valence-corrected chi connectivity index (χ2v) is 5.12. The van der Waals surface area contributed by atoms with E-state index in [0.29, 0.717) is 0 Å². The molecule has 0 fully saturated rings. The maximum atomic E-state index is 5.47. The molecule has 0 radical (unpaired) electrons. The van der Waals surface area contributed by atoms with Crippen molar-refractivity contribution in [3.8, 4) is 0 Å². The predicted molar refractivity (Wildman–Crippen MR) is 114 cm³/mol. The molecule has 0 aliphatic carbocycles. The molecule has 2 rings (SSSR count). The summed E-state index contributed by atoms with van der Waals surface area (Å²) in [5.41, 5.74) is 12.5. The Balaban J connectivity index is -0.0000000656. The summed E-state index contributed by atoms with van der Waals surface area (Å²) in [4.78, 5) is 7.72. The first-order valence-corrected chi connectivity index (χ1v) is 6.47. The first-order chi connectivity index (χ1) is 7.61. The smallest absolute Gasteiger partial charge is 1.00 e. The normalized spacial score (nSPS) is 6.95. The third-order valence-electron chi connectivity index (χ3n) is 1.61. The molecule has 2 heterocycles. The van der Waals surface area contributed by atoms with Gasteiger partial charge in [0.2, 0.25) is 0 Å². The molecule has 0 saturated heterocycles. The Kier molecular flexibility index (Phi) is 35.8. The monoisotopic (exact) mass is 1150 g/mol. The van der Waals surface area contributed by atoms with Crippen molar-refractivity contribution in [1.82, 2.24) is 9.97 Å². The van der Waals surface area contributed by atoms with Gasteiger partial charge in [0, 0.05) is 36.2 Å². The first kappa shape index (κ1) is 35.3. The molecule has 116 valence electrons. The minimum absolute atomic E-state index is 0. The second-order valence-electron chi connectivity index (χ2n) is 2.79. The van der Waals surface area contributed by atoms with Crippen LogP contribution in [0.5, 0.6) is 0 Å². The maximum Gasteiger partial charge on any atom is 2.00 e. The van der Waals surface area contributed by atoms with Crippen LogP contribution in [0.15, 0.2) is 36.9 Å². The van der Waals surface area contributed by atoms with Crippen molar-refractivity contribution in [1.29, 1.82) is 0 Å². The Labute approximate surface area is 240 Å². The summed E-state index contributed by atoms with van der Waals surface area (Å²) in [6, 6.07) is 3.56. The summed E-state index contributed by atoms with van der Waals surface area (Å²) in [5, 5.41) is 0. The number of anilines is 2. The number of halogens is 6. The molecule has 4 nitrogen and oxygen atoms in total. The summed E-state index contributed by atoms with van der Waals surface area (Å²) < 4.78 is 2.01. The molecule has 2 aromatic rings. The molecule has 0 spiro atoms. The van der Waals surface area contributed by atoms with Crippen molar-refractivity contribution in [3.63, 3.8) is 0 Å². The van der Waals surface area contributed by atoms with Gasteiger partial charge in [-0.05, 0) is 57.3 Å². The van der Waals surface area contributed by atoms with Gasteiger partial charge in [-0.15, -0.1) is 48.0 Å². The standard InChI is InChI=1S/2C5H5IN2.Hg.4HI/c2*6-4-3-8-2-1-5(4)7;;;;;/h2*1-3H,(H2,7,8);;4*1H/q;;+2;;;;/p-2. The van der Waals surface area contributed by atoms with Crippen molar-refractivity contribution >= 4 is 105 Å². The van der Waals surface area contributed by atoms with Crippen LogP contribution in [0.3, 0.4) is 0 Å². The van der Waals surface area contributed by atoms with Crippen LogP contribution in [0.1, 0.15) is 0 Å². The van der Waals surface area contributed by atoms with E-state index in [-0.39, 0.29) is 124 Å². The Morgan fingerprint density at radius 3 is 1.19 bits per heavy atom. The van der Waals surface area contributed by atoms with E-state index in [1.807, 2.05) is 0 Å². The molecule has 0 aromatic carbocycles. The average molecular weight is 1150 g/mol. The second kappa shape index (κ2) is 21.3. The largest absolute Gasteiger partial charge is 2.00 e. The summed E-state index contributed by atoms with van der Waals surface area (Å²) in [6.45, 7) is 0. The SMILES string of the molecule is I.I.Nc1ccncc1I.Nc1ccncc1I.[Hg+2].[I-].[I-]. The summed E-state index contributed by atoms with van der Waals surface area (Å²) in [7, 11) is 0. The van der Waals surface area contributed by atoms with Crippen molar-refractivity contribution in [2.24, 2.45) is 0 Å². The van der Waals surface area contributed by atoms with Gasteiger partial charge in [0.1, 0.15) is 0 Å². The molecule has 11 heteroatoms. The van der Waals surface area contributed by atoms with Gasteiger partial charge in [-0.1, -0.05) is 0 Å². The molecule has 0 unspecified atom stereocenters. The number of rotatable bonds is 0. The van der Waals surface area contributed by atoms with Crippen LogP contribution in [0.25, 0.3) is 0 Å². The number of nitrogen functional groups attached to an aromatic ring is 2. The van der Waals surface area contributed by atoms with Crippen LogP contribution in [0, 0.1) is 7.14 Å². The average Bonchev–Trinajstić information content (AvgIpc) is 2.28. The number of hydrogen-bond acceptors (Lipinski definition) is 4. The van der Waals surface area contributed by atoms with E-state index < -0.39 is 0 Å². The molecule has 0 bridgehead atoms. The van der Waals surface area contributed by atoms with Crippen LogP contribution < -0.4 is 59.4 Å². The number of aromatic nitrogens is 2. The summed E-state index contributed by atoms with van der Waals surface area (Å²) in [5.74, 6) is 0. The van der Waals surface area contributed by atoms with Gasteiger partial charge in [-0.3, -0.25) is 9.97 Å². The zero-order valence-electron chi connectivity index (χ0n) is 10.5. The van der Waals surface area contributed by atoms with Crippen molar-refractivity contribution in [2.75, 3.05) is 11.5 Å². The van der Waals surface area contributed by atoms with Crippen molar-refractivity contribution < 1.29 is 75.6 Å². The fraction of sp³-hybridized carbons (Fsp3) is 0. The molecule has 2 aromatic heterocycles. The topological polar surface area (TPSA) is 77.8 Å². The fourth-order valence-electron chi connectivity index (χ4n) is 0.772. The minimum Gasteiger partial charge on any atom is -1.00 e. The molecule has 0 atom stereocenters. The van der Waals surface area contributed by atoms with Gasteiger partial charge in [0.05, 0.1) is 7.14 Å². The van der Waals surface area contributed by atoms with Crippen LogP contribution in [0.4, 0.5) is 11.4 Å². The van der Waals surface area contributed by atoms with Gasteiger partial charge in [-0.25, -0.2) is 0 Å². The van der Waals surface area contributed by atoms with Crippen LogP contribution in [-0.4, -0.2) is 9.97 Å². The Morgan fingerprint density at radius 2 is 1.05 bits per heavy atom. The quantitative estimate of drug-likeness (QED) is 0.232. The van der Waals surface area contributed by atoms with Crippen LogP contribution in [-0.2, 0) is 27.7 Å². The zero-order valence-corrected chi connectivity index (χ0v) is 29.3. The summed E-state index contributed by atoms with van der Waals surface area (Å²) in [6.07, 6.45) is 6.82. The van der Waals surface area contributed by atoms with E-state index in [1.165, 1.54) is 0 Å².